The number of likely N-dealkylation sites (N-methyl/N-ethyl adjacent to an activating group) is 1. The first-order valence-electron chi connectivity index (χ1n) is 5.80. The van der Waals surface area contributed by atoms with E-state index >= 15 is 0 Å². The van der Waals surface area contributed by atoms with Gasteiger partial charge in [0, 0.05) is 39.3 Å². The molecule has 1 aromatic carbocycles. The van der Waals surface area contributed by atoms with E-state index in [2.05, 4.69) is 24.5 Å². The summed E-state index contributed by atoms with van der Waals surface area (Å²) in [4.78, 5) is 2.06. The average Bonchev–Trinajstić information content (AvgIpc) is 2.33. The largest absolute Gasteiger partial charge is 0.508 e. The molecule has 4 heteroatoms. The Morgan fingerprint density at radius 3 is 2.68 bits per heavy atom. The Morgan fingerprint density at radius 2 is 2.11 bits per heavy atom. The molecule has 0 amide bonds. The Morgan fingerprint density at radius 1 is 1.42 bits per heavy atom. The molecule has 1 aliphatic rings. The zero-order valence-corrected chi connectivity index (χ0v) is 14.7. The summed E-state index contributed by atoms with van der Waals surface area (Å²) in [5, 5.41) is 9.91. The van der Waals surface area contributed by atoms with Crippen LogP contribution < -0.4 is 0 Å². The summed E-state index contributed by atoms with van der Waals surface area (Å²) in [6, 6.07) is 4.95. The number of aromatic hydroxyl groups is 1. The number of phenolic OH excluding ortho intramolecular Hbond substituents is 1. The second kappa shape index (κ2) is 6.74. The van der Waals surface area contributed by atoms with E-state index < -0.39 is 0 Å². The molecule has 0 unspecified atom stereocenters. The molecule has 1 aliphatic heterocycles. The maximum atomic E-state index is 9.40. The molecule has 0 aromatic heterocycles. The van der Waals surface area contributed by atoms with E-state index in [0.29, 0.717) is 5.02 Å². The van der Waals surface area contributed by atoms with Gasteiger partial charge in [0.1, 0.15) is 5.75 Å². The first kappa shape index (κ1) is 16.5. The summed E-state index contributed by atoms with van der Waals surface area (Å²) in [7, 11) is 0. The van der Waals surface area contributed by atoms with Crippen molar-refractivity contribution in [1.29, 1.82) is 0 Å². The smallest absolute Gasteiger partial charge is 0.114 e. The summed E-state index contributed by atoms with van der Waals surface area (Å²) in [5.74, 6) is 0.161. The topological polar surface area (TPSA) is 23.5 Å². The van der Waals surface area contributed by atoms with E-state index in [-0.39, 0.29) is 38.5 Å². The van der Waals surface area contributed by atoms with E-state index in [1.165, 1.54) is 6.07 Å². The molecular formula is C15H15ClNOY-. The molecule has 0 saturated heterocycles. The third kappa shape index (κ3) is 3.31. The Bertz CT molecular complexity index is 563. The number of rotatable bonds is 2. The van der Waals surface area contributed by atoms with E-state index in [9.17, 15) is 5.11 Å². The number of nitrogens with zero attached hydrogens (tertiary/aromatic N) is 1. The van der Waals surface area contributed by atoms with Crippen LogP contribution in [0.1, 0.15) is 19.4 Å². The van der Waals surface area contributed by atoms with Crippen LogP contribution in [0.3, 0.4) is 0 Å². The van der Waals surface area contributed by atoms with Gasteiger partial charge in [-0.25, -0.2) is 0 Å². The molecule has 0 atom stereocenters. The van der Waals surface area contributed by atoms with Gasteiger partial charge in [-0.3, -0.25) is 0 Å². The van der Waals surface area contributed by atoms with E-state index in [1.807, 2.05) is 13.0 Å². The molecule has 97 valence electrons. The Hall–Kier alpha value is -0.566. The van der Waals surface area contributed by atoms with E-state index in [0.717, 1.165) is 29.1 Å². The fraction of sp³-hybridized carbons (Fsp3) is 0.200. The predicted molar refractivity (Wildman–Crippen MR) is 75.0 cm³/mol. The third-order valence-electron chi connectivity index (χ3n) is 3.00. The van der Waals surface area contributed by atoms with Crippen molar-refractivity contribution in [3.05, 3.63) is 58.8 Å². The fourth-order valence-corrected chi connectivity index (χ4v) is 2.22. The number of halogens is 1. The van der Waals surface area contributed by atoms with Gasteiger partial charge >= 0.3 is 0 Å². The Labute approximate surface area is 144 Å². The minimum Gasteiger partial charge on any atom is -0.508 e. The Balaban J connectivity index is 0.00000180. The molecular weight excluding hydrogens is 335 g/mol. The molecule has 19 heavy (non-hydrogen) atoms. The second-order valence-electron chi connectivity index (χ2n) is 4.18. The van der Waals surface area contributed by atoms with Crippen LogP contribution in [0.5, 0.6) is 5.75 Å². The zero-order valence-electron chi connectivity index (χ0n) is 11.1. The number of allylic oxidation sites excluding steroid dienone is 3. The molecule has 2 nitrogen and oxygen atoms in total. The number of benzene rings is 1. The van der Waals surface area contributed by atoms with Crippen molar-refractivity contribution in [2.45, 2.75) is 13.8 Å². The van der Waals surface area contributed by atoms with Crippen molar-refractivity contribution in [2.24, 2.45) is 0 Å². The van der Waals surface area contributed by atoms with Crippen molar-refractivity contribution in [3.63, 3.8) is 0 Å². The summed E-state index contributed by atoms with van der Waals surface area (Å²) in [6.45, 7) is 8.93. The van der Waals surface area contributed by atoms with Crippen molar-refractivity contribution in [1.82, 2.24) is 4.90 Å². The van der Waals surface area contributed by atoms with Crippen LogP contribution in [0.25, 0.3) is 5.70 Å². The van der Waals surface area contributed by atoms with Gasteiger partial charge in [-0.1, -0.05) is 36.4 Å². The van der Waals surface area contributed by atoms with Gasteiger partial charge in [0.25, 0.3) is 0 Å². The minimum absolute atomic E-state index is 0. The van der Waals surface area contributed by atoms with Crippen molar-refractivity contribution in [2.75, 3.05) is 6.54 Å². The molecule has 0 saturated carbocycles. The zero-order chi connectivity index (χ0) is 13.3. The van der Waals surface area contributed by atoms with Crippen LogP contribution in [-0.2, 0) is 32.7 Å². The summed E-state index contributed by atoms with van der Waals surface area (Å²) in [5.41, 5.74) is 3.78. The van der Waals surface area contributed by atoms with Crippen molar-refractivity contribution in [3.8, 4) is 5.75 Å². The molecule has 0 fully saturated rings. The average molecular weight is 350 g/mol. The van der Waals surface area contributed by atoms with Crippen LogP contribution in [-0.4, -0.2) is 16.6 Å². The van der Waals surface area contributed by atoms with Crippen LogP contribution >= 0.6 is 11.6 Å². The maximum Gasteiger partial charge on any atom is 0.114 e. The van der Waals surface area contributed by atoms with Gasteiger partial charge in [-0.15, -0.1) is 11.6 Å². The van der Waals surface area contributed by atoms with Crippen LogP contribution in [0.2, 0.25) is 5.02 Å². The van der Waals surface area contributed by atoms with Crippen LogP contribution in [0.4, 0.5) is 0 Å². The summed E-state index contributed by atoms with van der Waals surface area (Å²) >= 11 is 6.17. The van der Waals surface area contributed by atoms with E-state index in [1.54, 1.807) is 12.1 Å². The number of phenols is 1. The predicted octanol–water partition coefficient (Wildman–Crippen LogP) is 3.98. The number of hydrogen-bond acceptors (Lipinski definition) is 2. The summed E-state index contributed by atoms with van der Waals surface area (Å²) in [6.07, 6.45) is 5.14. The summed E-state index contributed by atoms with van der Waals surface area (Å²) < 4.78 is 0. The quantitative estimate of drug-likeness (QED) is 0.816. The van der Waals surface area contributed by atoms with Gasteiger partial charge in [0.05, 0.1) is 0 Å². The number of hydrogen-bond donors (Lipinski definition) is 1. The monoisotopic (exact) mass is 349 g/mol. The van der Waals surface area contributed by atoms with Gasteiger partial charge in [-0.2, -0.15) is 12.2 Å². The Kier molecular flexibility index (Phi) is 5.85. The van der Waals surface area contributed by atoms with Gasteiger partial charge in [0.2, 0.25) is 0 Å². The SMILES string of the molecule is C=C1C(C)=C[C-]=C(c2ccc(O)cc2Cl)N1CC.[Y]. The van der Waals surface area contributed by atoms with Crippen LogP contribution in [0.15, 0.2) is 42.1 Å². The first-order valence-corrected chi connectivity index (χ1v) is 6.18. The molecule has 0 aliphatic carbocycles. The maximum absolute atomic E-state index is 9.40. The minimum atomic E-state index is 0. The van der Waals surface area contributed by atoms with Gasteiger partial charge < -0.3 is 10.0 Å². The standard InChI is InChI=1S/C15H15ClNO.Y/c1-4-17-11(3)10(2)5-8-15(17)13-7-6-12(18)9-14(13)16;/h5-7,9,18H,3-4H2,1-2H3;/q-1;. The van der Waals surface area contributed by atoms with E-state index in [4.69, 9.17) is 11.6 Å². The molecule has 1 heterocycles. The van der Waals surface area contributed by atoms with Crippen molar-refractivity contribution >= 4 is 17.3 Å². The fourth-order valence-electron chi connectivity index (χ4n) is 1.95. The normalized spacial score (nSPS) is 14.7. The van der Waals surface area contributed by atoms with Gasteiger partial charge in [-0.05, 0) is 29.8 Å². The molecule has 1 N–H and O–H groups in total. The van der Waals surface area contributed by atoms with Crippen molar-refractivity contribution < 1.29 is 37.8 Å². The molecule has 1 radical (unpaired) electrons. The third-order valence-corrected chi connectivity index (χ3v) is 3.31. The van der Waals surface area contributed by atoms with Crippen LogP contribution in [0, 0.1) is 6.08 Å². The molecule has 1 aromatic rings. The molecule has 0 spiro atoms. The first-order chi connectivity index (χ1) is 8.54. The van der Waals surface area contributed by atoms with Gasteiger partial charge in [0.15, 0.2) is 0 Å². The second-order valence-corrected chi connectivity index (χ2v) is 4.58. The molecule has 2 rings (SSSR count). The molecule has 0 bridgehead atoms.